The summed E-state index contributed by atoms with van der Waals surface area (Å²) in [5.41, 5.74) is 0.331. The van der Waals surface area contributed by atoms with Crippen LogP contribution in [0.15, 0.2) is 54.6 Å². The predicted molar refractivity (Wildman–Crippen MR) is 108 cm³/mol. The van der Waals surface area contributed by atoms with Crippen molar-refractivity contribution in [1.82, 2.24) is 5.32 Å². The third-order valence-corrected chi connectivity index (χ3v) is 4.49. The first-order chi connectivity index (χ1) is 14.2. The molecule has 0 heterocycles. The van der Waals surface area contributed by atoms with Crippen molar-refractivity contribution in [3.63, 3.8) is 0 Å². The molecular weight excluding hydrogens is 439 g/mol. The second kappa shape index (κ2) is 10.9. The van der Waals surface area contributed by atoms with Crippen LogP contribution in [0.4, 0.5) is 5.69 Å². The Bertz CT molecular complexity index is 878. The highest BCUT2D eigenvalue weighted by atomic mass is 35.5. The van der Waals surface area contributed by atoms with Gasteiger partial charge in [0.15, 0.2) is 10.9 Å². The molecule has 2 aromatic carbocycles. The number of hydrogen-bond acceptors (Lipinski definition) is 7. The number of carbonyl (C=O) groups excluding carboxylic acids is 2. The number of halogens is 2. The van der Waals surface area contributed by atoms with Gasteiger partial charge < -0.3 is 20.3 Å². The Morgan fingerprint density at radius 3 is 2.17 bits per heavy atom. The first kappa shape index (κ1) is 23.6. The van der Waals surface area contributed by atoms with Crippen LogP contribution < -0.4 is 5.32 Å². The van der Waals surface area contributed by atoms with E-state index in [2.05, 4.69) is 5.32 Å². The van der Waals surface area contributed by atoms with Crippen LogP contribution in [0.1, 0.15) is 23.3 Å². The minimum atomic E-state index is -1.56. The Morgan fingerprint density at radius 2 is 1.63 bits per heavy atom. The molecule has 0 saturated heterocycles. The van der Waals surface area contributed by atoms with Gasteiger partial charge in [-0.3, -0.25) is 14.9 Å². The molecule has 1 amide bonds. The summed E-state index contributed by atoms with van der Waals surface area (Å²) in [6, 6.07) is 11.8. The van der Waals surface area contributed by atoms with Crippen molar-refractivity contribution < 1.29 is 29.5 Å². The molecule has 0 radical (unpaired) electrons. The highest BCUT2D eigenvalue weighted by molar-refractivity contribution is 6.53. The molecule has 9 nitrogen and oxygen atoms in total. The van der Waals surface area contributed by atoms with Gasteiger partial charge in [-0.2, -0.15) is 0 Å². The van der Waals surface area contributed by atoms with E-state index in [0.717, 1.165) is 0 Å². The van der Waals surface area contributed by atoms with Gasteiger partial charge in [-0.1, -0.05) is 53.5 Å². The molecule has 0 bridgehead atoms. The third kappa shape index (κ3) is 6.39. The van der Waals surface area contributed by atoms with Gasteiger partial charge in [-0.05, 0) is 23.3 Å². The third-order valence-electron chi connectivity index (χ3n) is 4.10. The molecule has 0 aromatic heterocycles. The summed E-state index contributed by atoms with van der Waals surface area (Å²) < 4.78 is 5.05. The molecular formula is C19H18Cl2N2O7. The van der Waals surface area contributed by atoms with Crippen molar-refractivity contribution in [2.45, 2.75) is 23.1 Å². The van der Waals surface area contributed by atoms with Crippen molar-refractivity contribution >= 4 is 40.8 Å². The maximum atomic E-state index is 12.2. The second-order valence-electron chi connectivity index (χ2n) is 6.15. The van der Waals surface area contributed by atoms with Crippen LogP contribution in [0, 0.1) is 10.1 Å². The number of alkyl halides is 2. The number of non-ortho nitro benzene ring substituents is 1. The van der Waals surface area contributed by atoms with E-state index in [1.54, 1.807) is 18.2 Å². The zero-order valence-corrected chi connectivity index (χ0v) is 16.9. The van der Waals surface area contributed by atoms with Gasteiger partial charge in [0.2, 0.25) is 0 Å². The molecule has 0 unspecified atom stereocenters. The molecule has 0 saturated carbocycles. The molecule has 0 aliphatic carbocycles. The number of amides is 1. The number of aliphatic hydroxyl groups is 2. The number of benzene rings is 2. The molecule has 0 aliphatic rings. The molecule has 3 N–H and O–H groups in total. The van der Waals surface area contributed by atoms with Crippen molar-refractivity contribution in [3.05, 3.63) is 75.8 Å². The Kier molecular flexibility index (Phi) is 8.55. The normalized spacial score (nSPS) is 13.9. The zero-order valence-electron chi connectivity index (χ0n) is 15.4. The Morgan fingerprint density at radius 1 is 1.03 bits per heavy atom. The van der Waals surface area contributed by atoms with Crippen LogP contribution in [-0.2, 0) is 14.3 Å². The number of esters is 1. The summed E-state index contributed by atoms with van der Waals surface area (Å²) in [7, 11) is 0. The topological polar surface area (TPSA) is 139 Å². The largest absolute Gasteiger partial charge is 0.461 e. The van der Waals surface area contributed by atoms with Crippen LogP contribution >= 0.6 is 23.2 Å². The maximum Gasteiger partial charge on any atom is 0.339 e. The molecule has 0 aliphatic heterocycles. The first-order valence-electron chi connectivity index (χ1n) is 8.61. The highest BCUT2D eigenvalue weighted by Crippen LogP contribution is 2.22. The van der Waals surface area contributed by atoms with Crippen molar-refractivity contribution in [3.8, 4) is 0 Å². The average Bonchev–Trinajstić information content (AvgIpc) is 2.75. The van der Waals surface area contributed by atoms with Crippen LogP contribution in [0.25, 0.3) is 0 Å². The first-order valence-corrected chi connectivity index (χ1v) is 9.48. The Labute approximate surface area is 181 Å². The van der Waals surface area contributed by atoms with Gasteiger partial charge >= 0.3 is 5.97 Å². The van der Waals surface area contributed by atoms with E-state index in [4.69, 9.17) is 27.9 Å². The van der Waals surface area contributed by atoms with Gasteiger partial charge in [0.1, 0.15) is 12.7 Å². The van der Waals surface area contributed by atoms with Crippen LogP contribution in [-0.4, -0.2) is 44.5 Å². The lowest BCUT2D eigenvalue weighted by Crippen LogP contribution is -2.45. The van der Waals surface area contributed by atoms with Crippen LogP contribution in [0.2, 0.25) is 0 Å². The van der Waals surface area contributed by atoms with Crippen LogP contribution in [0.5, 0.6) is 0 Å². The molecule has 0 fully saturated rings. The Balaban J connectivity index is 2.12. The zero-order chi connectivity index (χ0) is 22.3. The molecule has 2 aromatic rings. The molecule has 3 atom stereocenters. The Hall–Kier alpha value is -2.72. The fourth-order valence-electron chi connectivity index (χ4n) is 2.51. The van der Waals surface area contributed by atoms with E-state index >= 15 is 0 Å². The van der Waals surface area contributed by atoms with Crippen LogP contribution in [0.3, 0.4) is 0 Å². The quantitative estimate of drug-likeness (QED) is 0.227. The average molecular weight is 457 g/mol. The predicted octanol–water partition coefficient (Wildman–Crippen LogP) is 2.19. The molecule has 160 valence electrons. The summed E-state index contributed by atoms with van der Waals surface area (Å²) in [4.78, 5) is 32.7. The van der Waals surface area contributed by atoms with E-state index in [1.807, 2.05) is 0 Å². The molecule has 30 heavy (non-hydrogen) atoms. The number of carbonyl (C=O) groups is 2. The number of hydrogen-bond donors (Lipinski definition) is 3. The number of aliphatic hydroxyl groups excluding tert-OH is 2. The minimum absolute atomic E-state index is 0.189. The summed E-state index contributed by atoms with van der Waals surface area (Å²) in [5.74, 6) is -1.84. The lowest BCUT2D eigenvalue weighted by atomic mass is 10.0. The van der Waals surface area contributed by atoms with Crippen molar-refractivity contribution in [1.29, 1.82) is 0 Å². The summed E-state index contributed by atoms with van der Waals surface area (Å²) in [6.07, 6.45) is -2.98. The standard InChI is InChI=1S/C19H18Cl2N2O7/c20-17(21)18(26)22-14(15(24)12-6-8-13(9-7-12)23(28)29)10-30-19(27)16(25)11-4-2-1-3-5-11/h1-9,14-17,24-25H,10H2,(H,22,26)/t14-,15-,16+/m1/s1. The number of ether oxygens (including phenoxy) is 1. The SMILES string of the molecule is O=C(N[C@H](COC(=O)[C@@H](O)c1ccccc1)[C@H](O)c1ccc([N+](=O)[O-])cc1)C(Cl)Cl. The summed E-state index contributed by atoms with van der Waals surface area (Å²) in [5, 5.41) is 33.8. The molecule has 11 heteroatoms. The fraction of sp³-hybridized carbons (Fsp3) is 0.263. The van der Waals surface area contributed by atoms with Crippen molar-refractivity contribution in [2.24, 2.45) is 0 Å². The second-order valence-corrected chi connectivity index (χ2v) is 7.25. The number of nitro groups is 1. The summed E-state index contributed by atoms with van der Waals surface area (Å²) >= 11 is 11.0. The van der Waals surface area contributed by atoms with E-state index in [9.17, 15) is 29.9 Å². The minimum Gasteiger partial charge on any atom is -0.461 e. The van der Waals surface area contributed by atoms with E-state index in [-0.39, 0.29) is 11.3 Å². The van der Waals surface area contributed by atoms with Gasteiger partial charge in [-0.15, -0.1) is 0 Å². The molecule has 2 rings (SSSR count). The van der Waals surface area contributed by atoms with Gasteiger partial charge in [0.25, 0.3) is 11.6 Å². The number of nitrogens with zero attached hydrogens (tertiary/aromatic N) is 1. The lowest BCUT2D eigenvalue weighted by molar-refractivity contribution is -0.384. The number of rotatable bonds is 9. The van der Waals surface area contributed by atoms with E-state index in [1.165, 1.54) is 36.4 Å². The molecule has 0 spiro atoms. The highest BCUT2D eigenvalue weighted by Gasteiger charge is 2.28. The number of nitrogens with one attached hydrogen (secondary N) is 1. The maximum absolute atomic E-state index is 12.2. The van der Waals surface area contributed by atoms with E-state index < -0.39 is 46.5 Å². The van der Waals surface area contributed by atoms with Gasteiger partial charge in [0.05, 0.1) is 11.0 Å². The monoisotopic (exact) mass is 456 g/mol. The van der Waals surface area contributed by atoms with E-state index in [0.29, 0.717) is 5.56 Å². The summed E-state index contributed by atoms with van der Waals surface area (Å²) in [6.45, 7) is -0.521. The lowest BCUT2D eigenvalue weighted by Gasteiger charge is -2.25. The van der Waals surface area contributed by atoms with Crippen molar-refractivity contribution in [2.75, 3.05) is 6.61 Å². The fourth-order valence-corrected chi connectivity index (χ4v) is 2.63. The smallest absolute Gasteiger partial charge is 0.339 e. The van der Waals surface area contributed by atoms with Gasteiger partial charge in [0, 0.05) is 12.1 Å². The number of nitro benzene ring substituents is 1. The van der Waals surface area contributed by atoms with Gasteiger partial charge in [-0.25, -0.2) is 4.79 Å².